The SMILES string of the molecule is CCC(C)[SiH](NC(C)C)C(C)N. The lowest BCUT2D eigenvalue weighted by molar-refractivity contribution is 0.690. The molecular weight excluding hydrogens is 164 g/mol. The lowest BCUT2D eigenvalue weighted by atomic mass is 10.4. The summed E-state index contributed by atoms with van der Waals surface area (Å²) in [5, 5.41) is 0. The molecule has 0 heterocycles. The molecule has 74 valence electrons. The van der Waals surface area contributed by atoms with Crippen molar-refractivity contribution in [1.29, 1.82) is 0 Å². The third kappa shape index (κ3) is 4.23. The molecule has 0 aliphatic heterocycles. The van der Waals surface area contributed by atoms with Crippen molar-refractivity contribution in [2.75, 3.05) is 0 Å². The average molecular weight is 188 g/mol. The van der Waals surface area contributed by atoms with Crippen LogP contribution >= 0.6 is 0 Å². The molecule has 3 unspecified atom stereocenters. The maximum absolute atomic E-state index is 5.96. The third-order valence-electron chi connectivity index (χ3n) is 2.35. The van der Waals surface area contributed by atoms with Crippen LogP contribution in [0.15, 0.2) is 0 Å². The smallest absolute Gasteiger partial charge is 0.128 e. The minimum Gasteiger partial charge on any atom is -0.336 e. The molecule has 0 aliphatic carbocycles. The molecule has 3 N–H and O–H groups in total. The first kappa shape index (κ1) is 12.1. The fourth-order valence-electron chi connectivity index (χ4n) is 1.47. The number of hydrogen-bond donors (Lipinski definition) is 2. The fourth-order valence-corrected chi connectivity index (χ4v) is 4.42. The van der Waals surface area contributed by atoms with Gasteiger partial charge in [0.15, 0.2) is 0 Å². The van der Waals surface area contributed by atoms with E-state index in [-0.39, 0.29) is 0 Å². The van der Waals surface area contributed by atoms with Gasteiger partial charge in [0.2, 0.25) is 0 Å². The molecule has 0 amide bonds. The van der Waals surface area contributed by atoms with Crippen LogP contribution in [0.2, 0.25) is 5.54 Å². The highest BCUT2D eigenvalue weighted by atomic mass is 28.3. The zero-order valence-electron chi connectivity index (χ0n) is 9.09. The van der Waals surface area contributed by atoms with Crippen LogP contribution in [0.3, 0.4) is 0 Å². The van der Waals surface area contributed by atoms with Gasteiger partial charge in [-0.2, -0.15) is 0 Å². The van der Waals surface area contributed by atoms with Crippen molar-refractivity contribution >= 4 is 8.96 Å². The highest BCUT2D eigenvalue weighted by Crippen LogP contribution is 2.13. The Morgan fingerprint density at radius 3 is 2.00 bits per heavy atom. The van der Waals surface area contributed by atoms with Gasteiger partial charge in [-0.3, -0.25) is 0 Å². The van der Waals surface area contributed by atoms with Crippen LogP contribution in [0.4, 0.5) is 0 Å². The summed E-state index contributed by atoms with van der Waals surface area (Å²) in [4.78, 5) is 3.64. The van der Waals surface area contributed by atoms with Gasteiger partial charge in [-0.1, -0.05) is 41.0 Å². The summed E-state index contributed by atoms with van der Waals surface area (Å²) in [5.74, 6) is 0. The van der Waals surface area contributed by atoms with Gasteiger partial charge in [0.25, 0.3) is 0 Å². The first-order valence-corrected chi connectivity index (χ1v) is 6.91. The van der Waals surface area contributed by atoms with E-state index in [1.165, 1.54) is 6.42 Å². The minimum absolute atomic E-state index is 0.377. The highest BCUT2D eigenvalue weighted by Gasteiger charge is 2.22. The van der Waals surface area contributed by atoms with Gasteiger partial charge in [-0.25, -0.2) is 0 Å². The topological polar surface area (TPSA) is 38.0 Å². The van der Waals surface area contributed by atoms with E-state index in [4.69, 9.17) is 5.73 Å². The van der Waals surface area contributed by atoms with Crippen LogP contribution in [0.5, 0.6) is 0 Å². The second kappa shape index (κ2) is 5.73. The molecule has 3 atom stereocenters. The zero-order valence-corrected chi connectivity index (χ0v) is 10.2. The van der Waals surface area contributed by atoms with E-state index < -0.39 is 8.96 Å². The van der Waals surface area contributed by atoms with Crippen LogP contribution in [-0.4, -0.2) is 20.7 Å². The van der Waals surface area contributed by atoms with Gasteiger partial charge in [-0.15, -0.1) is 0 Å². The average Bonchev–Trinajstić information content (AvgIpc) is 1.98. The largest absolute Gasteiger partial charge is 0.336 e. The number of rotatable bonds is 5. The number of nitrogens with two attached hydrogens (primary N) is 1. The molecule has 0 aliphatic rings. The van der Waals surface area contributed by atoms with Gasteiger partial charge in [-0.05, 0) is 11.6 Å². The summed E-state index contributed by atoms with van der Waals surface area (Å²) in [6.07, 6.45) is 1.25. The lowest BCUT2D eigenvalue weighted by Gasteiger charge is -2.27. The quantitative estimate of drug-likeness (QED) is 0.640. The molecule has 2 nitrogen and oxygen atoms in total. The normalized spacial score (nSPS) is 19.2. The van der Waals surface area contributed by atoms with E-state index in [0.717, 1.165) is 5.54 Å². The molecule has 0 saturated carbocycles. The molecule has 0 saturated heterocycles. The maximum atomic E-state index is 5.96. The van der Waals surface area contributed by atoms with Gasteiger partial charge in [0.1, 0.15) is 8.96 Å². The molecule has 3 heteroatoms. The van der Waals surface area contributed by atoms with Crippen molar-refractivity contribution in [1.82, 2.24) is 4.98 Å². The van der Waals surface area contributed by atoms with Gasteiger partial charge < -0.3 is 10.7 Å². The summed E-state index contributed by atoms with van der Waals surface area (Å²) < 4.78 is 0. The van der Waals surface area contributed by atoms with Crippen molar-refractivity contribution in [3.05, 3.63) is 0 Å². The van der Waals surface area contributed by atoms with Gasteiger partial charge >= 0.3 is 0 Å². The molecule has 0 radical (unpaired) electrons. The number of nitrogens with one attached hydrogen (secondary N) is 1. The summed E-state index contributed by atoms with van der Waals surface area (Å²) in [6, 6.07) is 0.585. The Morgan fingerprint density at radius 1 is 1.25 bits per heavy atom. The second-order valence-electron chi connectivity index (χ2n) is 4.09. The molecule has 0 aromatic rings. The molecule has 0 bridgehead atoms. The fraction of sp³-hybridized carbons (Fsp3) is 1.00. The van der Waals surface area contributed by atoms with E-state index in [9.17, 15) is 0 Å². The maximum Gasteiger partial charge on any atom is 0.128 e. The Kier molecular flexibility index (Phi) is 5.79. The molecule has 12 heavy (non-hydrogen) atoms. The van der Waals surface area contributed by atoms with Gasteiger partial charge in [0, 0.05) is 5.67 Å². The lowest BCUT2D eigenvalue weighted by Crippen LogP contribution is -2.52. The molecule has 0 fully saturated rings. The predicted octanol–water partition coefficient (Wildman–Crippen LogP) is 1.39. The molecule has 0 aromatic carbocycles. The van der Waals surface area contributed by atoms with Gasteiger partial charge in [0.05, 0.1) is 0 Å². The molecular formula is C9H24N2Si. The minimum atomic E-state index is -0.931. The first-order chi connectivity index (χ1) is 5.49. The van der Waals surface area contributed by atoms with Crippen molar-refractivity contribution in [3.8, 4) is 0 Å². The highest BCUT2D eigenvalue weighted by molar-refractivity contribution is 6.59. The van der Waals surface area contributed by atoms with Crippen LogP contribution in [0, 0.1) is 0 Å². The first-order valence-electron chi connectivity index (χ1n) is 5.00. The van der Waals surface area contributed by atoms with Crippen molar-refractivity contribution in [2.24, 2.45) is 5.73 Å². The Hall–Kier alpha value is 0.137. The Morgan fingerprint density at radius 2 is 1.75 bits per heavy atom. The zero-order chi connectivity index (χ0) is 9.72. The van der Waals surface area contributed by atoms with E-state index in [2.05, 4.69) is 39.6 Å². The van der Waals surface area contributed by atoms with Crippen LogP contribution in [0.25, 0.3) is 0 Å². The standard InChI is InChI=1S/C9H24N2Si/c1-6-8(4)12(9(5)10)11-7(2)3/h7-9,11-12H,6,10H2,1-5H3. The van der Waals surface area contributed by atoms with Crippen LogP contribution in [-0.2, 0) is 0 Å². The summed E-state index contributed by atoms with van der Waals surface area (Å²) in [7, 11) is -0.931. The predicted molar refractivity (Wildman–Crippen MR) is 58.8 cm³/mol. The number of hydrogen-bond acceptors (Lipinski definition) is 2. The molecule has 0 rings (SSSR count). The van der Waals surface area contributed by atoms with E-state index in [1.807, 2.05) is 0 Å². The van der Waals surface area contributed by atoms with E-state index in [0.29, 0.717) is 11.7 Å². The van der Waals surface area contributed by atoms with Crippen LogP contribution < -0.4 is 10.7 Å². The second-order valence-corrected chi connectivity index (χ2v) is 7.67. The molecule has 0 spiro atoms. The van der Waals surface area contributed by atoms with Crippen LogP contribution in [0.1, 0.15) is 41.0 Å². The Labute approximate surface area is 78.6 Å². The van der Waals surface area contributed by atoms with Crippen molar-refractivity contribution in [3.63, 3.8) is 0 Å². The Bertz CT molecular complexity index is 115. The van der Waals surface area contributed by atoms with Crippen molar-refractivity contribution < 1.29 is 0 Å². The summed E-state index contributed by atoms with van der Waals surface area (Å²) >= 11 is 0. The van der Waals surface area contributed by atoms with E-state index in [1.54, 1.807) is 0 Å². The third-order valence-corrected chi connectivity index (χ3v) is 6.23. The Balaban J connectivity index is 4.03. The van der Waals surface area contributed by atoms with Crippen molar-refractivity contribution in [2.45, 2.75) is 58.3 Å². The summed E-state index contributed by atoms with van der Waals surface area (Å²) in [5.41, 5.74) is 7.14. The summed E-state index contributed by atoms with van der Waals surface area (Å²) in [6.45, 7) is 11.1. The monoisotopic (exact) mass is 188 g/mol. The molecule has 0 aromatic heterocycles. The van der Waals surface area contributed by atoms with E-state index >= 15 is 0 Å².